The lowest BCUT2D eigenvalue weighted by atomic mass is 10.0. The average Bonchev–Trinajstić information content (AvgIpc) is 1.97. The molecule has 3 heteroatoms. The summed E-state index contributed by atoms with van der Waals surface area (Å²) >= 11 is 3.46. The van der Waals surface area contributed by atoms with Gasteiger partial charge in [0, 0.05) is 0 Å². The van der Waals surface area contributed by atoms with Crippen LogP contribution in [-0.4, -0.2) is 17.6 Å². The van der Waals surface area contributed by atoms with Crippen LogP contribution in [0.4, 0.5) is 0 Å². The summed E-state index contributed by atoms with van der Waals surface area (Å²) < 4.78 is 0. The molecule has 1 rings (SSSR count). The molecule has 0 aromatic rings. The van der Waals surface area contributed by atoms with Crippen LogP contribution in [0.15, 0.2) is 29.0 Å². The van der Waals surface area contributed by atoms with Crippen LogP contribution in [0.3, 0.4) is 0 Å². The molecule has 0 aliphatic heterocycles. The van der Waals surface area contributed by atoms with Crippen molar-refractivity contribution in [3.63, 3.8) is 0 Å². The fourth-order valence-electron chi connectivity index (χ4n) is 0.912. The Bertz CT molecular complexity index is 230. The van der Waals surface area contributed by atoms with Crippen LogP contribution in [0.2, 0.25) is 0 Å². The quantitative estimate of drug-likeness (QED) is 0.486. The van der Waals surface area contributed by atoms with Gasteiger partial charge in [-0.15, -0.1) is 0 Å². The van der Waals surface area contributed by atoms with E-state index in [1.807, 2.05) is 25.2 Å². The fraction of sp³-hybridized carbons (Fsp3) is 0.375. The summed E-state index contributed by atoms with van der Waals surface area (Å²) in [6.45, 7) is 2.01. The zero-order valence-electron chi connectivity index (χ0n) is 6.54. The van der Waals surface area contributed by atoms with Crippen LogP contribution in [0, 0.1) is 0 Å². The van der Waals surface area contributed by atoms with Crippen LogP contribution < -0.4 is 0 Å². The monoisotopic (exact) mass is 215 g/mol. The van der Waals surface area contributed by atoms with E-state index in [4.69, 9.17) is 4.84 Å². The topological polar surface area (TPSA) is 21.6 Å². The van der Waals surface area contributed by atoms with Gasteiger partial charge in [-0.1, -0.05) is 39.3 Å². The van der Waals surface area contributed by atoms with Gasteiger partial charge in [0.05, 0.1) is 4.83 Å². The number of hydrogen-bond acceptors (Lipinski definition) is 2. The second-order valence-electron chi connectivity index (χ2n) is 2.30. The van der Waals surface area contributed by atoms with Gasteiger partial charge in [0.15, 0.2) is 0 Å². The summed E-state index contributed by atoms with van der Waals surface area (Å²) in [4.78, 5) is 4.89. The molecule has 60 valence electrons. The zero-order valence-corrected chi connectivity index (χ0v) is 8.13. The molecule has 0 N–H and O–H groups in total. The van der Waals surface area contributed by atoms with Gasteiger partial charge in [-0.2, -0.15) is 0 Å². The first kappa shape index (κ1) is 8.53. The Kier molecular flexibility index (Phi) is 2.88. The van der Waals surface area contributed by atoms with Gasteiger partial charge in [-0.05, 0) is 12.5 Å². The molecule has 0 amide bonds. The first-order valence-corrected chi connectivity index (χ1v) is 4.28. The van der Waals surface area contributed by atoms with E-state index < -0.39 is 0 Å². The van der Waals surface area contributed by atoms with Crippen LogP contribution in [0.5, 0.6) is 0 Å². The number of nitrogens with zero attached hydrogens (tertiary/aromatic N) is 1. The third-order valence-electron chi connectivity index (χ3n) is 1.48. The summed E-state index contributed by atoms with van der Waals surface area (Å²) in [5.41, 5.74) is 2.08. The van der Waals surface area contributed by atoms with Gasteiger partial charge in [0.25, 0.3) is 0 Å². The highest BCUT2D eigenvalue weighted by atomic mass is 79.9. The van der Waals surface area contributed by atoms with E-state index in [2.05, 4.69) is 21.1 Å². The lowest BCUT2D eigenvalue weighted by Crippen LogP contribution is -2.15. The van der Waals surface area contributed by atoms with Gasteiger partial charge in [-0.25, -0.2) is 0 Å². The zero-order chi connectivity index (χ0) is 8.27. The SMILES string of the molecule is CON=C1C(C)=CC=CC1Br. The highest BCUT2D eigenvalue weighted by Crippen LogP contribution is 2.16. The number of oxime groups is 1. The van der Waals surface area contributed by atoms with Crippen molar-refractivity contribution in [1.82, 2.24) is 0 Å². The lowest BCUT2D eigenvalue weighted by Gasteiger charge is -2.11. The van der Waals surface area contributed by atoms with Crippen LogP contribution >= 0.6 is 15.9 Å². The van der Waals surface area contributed by atoms with Crippen molar-refractivity contribution in [2.45, 2.75) is 11.8 Å². The molecule has 11 heavy (non-hydrogen) atoms. The van der Waals surface area contributed by atoms with Crippen molar-refractivity contribution >= 4 is 21.6 Å². The van der Waals surface area contributed by atoms with Gasteiger partial charge >= 0.3 is 0 Å². The Hall–Kier alpha value is -0.570. The van der Waals surface area contributed by atoms with Gasteiger partial charge < -0.3 is 4.84 Å². The van der Waals surface area contributed by atoms with Crippen molar-refractivity contribution in [2.75, 3.05) is 7.11 Å². The smallest absolute Gasteiger partial charge is 0.106 e. The standard InChI is InChI=1S/C8H10BrNO/c1-6-4-3-5-7(9)8(6)10-11-2/h3-5,7H,1-2H3. The summed E-state index contributed by atoms with van der Waals surface area (Å²) in [5.74, 6) is 0. The van der Waals surface area contributed by atoms with Gasteiger partial charge in [0.2, 0.25) is 0 Å². The Morgan fingerprint density at radius 3 is 2.91 bits per heavy atom. The first-order chi connectivity index (χ1) is 5.25. The number of halogens is 1. The molecule has 0 radical (unpaired) electrons. The van der Waals surface area contributed by atoms with E-state index in [0.29, 0.717) is 0 Å². The molecule has 1 atom stereocenters. The predicted octanol–water partition coefficient (Wildman–Crippen LogP) is 2.27. The maximum absolute atomic E-state index is 4.71. The molecule has 1 unspecified atom stereocenters. The maximum Gasteiger partial charge on any atom is 0.106 e. The third kappa shape index (κ3) is 1.93. The van der Waals surface area contributed by atoms with Crippen molar-refractivity contribution < 1.29 is 4.84 Å². The van der Waals surface area contributed by atoms with E-state index in [1.54, 1.807) is 7.11 Å². The molecular formula is C8H10BrNO. The van der Waals surface area contributed by atoms with E-state index in [0.717, 1.165) is 11.3 Å². The Morgan fingerprint density at radius 1 is 1.64 bits per heavy atom. The molecule has 0 fully saturated rings. The number of allylic oxidation sites excluding steroid dienone is 4. The molecule has 1 aliphatic carbocycles. The van der Waals surface area contributed by atoms with E-state index in [1.165, 1.54) is 0 Å². The number of rotatable bonds is 1. The van der Waals surface area contributed by atoms with E-state index >= 15 is 0 Å². The summed E-state index contributed by atoms with van der Waals surface area (Å²) in [7, 11) is 1.55. The molecule has 2 nitrogen and oxygen atoms in total. The maximum atomic E-state index is 4.71. The average molecular weight is 216 g/mol. The second kappa shape index (κ2) is 3.72. The van der Waals surface area contributed by atoms with Crippen molar-refractivity contribution in [2.24, 2.45) is 5.16 Å². The molecule has 0 aromatic heterocycles. The molecule has 0 heterocycles. The first-order valence-electron chi connectivity index (χ1n) is 3.36. The molecule has 0 aromatic carbocycles. The normalized spacial score (nSPS) is 27.0. The molecule has 0 saturated heterocycles. The number of hydrogen-bond donors (Lipinski definition) is 0. The minimum Gasteiger partial charge on any atom is -0.399 e. The largest absolute Gasteiger partial charge is 0.399 e. The summed E-state index contributed by atoms with van der Waals surface area (Å²) in [5, 5.41) is 3.90. The summed E-state index contributed by atoms with van der Waals surface area (Å²) in [6, 6.07) is 0. The van der Waals surface area contributed by atoms with E-state index in [-0.39, 0.29) is 4.83 Å². The Balaban J connectivity index is 2.86. The second-order valence-corrected chi connectivity index (χ2v) is 3.28. The molecule has 0 spiro atoms. The summed E-state index contributed by atoms with van der Waals surface area (Å²) in [6.07, 6.45) is 6.03. The lowest BCUT2D eigenvalue weighted by molar-refractivity contribution is 0.213. The molecular weight excluding hydrogens is 206 g/mol. The molecule has 1 aliphatic rings. The highest BCUT2D eigenvalue weighted by Gasteiger charge is 2.14. The minimum absolute atomic E-state index is 0.187. The molecule has 0 bridgehead atoms. The van der Waals surface area contributed by atoms with Crippen molar-refractivity contribution in [3.8, 4) is 0 Å². The van der Waals surface area contributed by atoms with Crippen LogP contribution in [0.25, 0.3) is 0 Å². The Labute approximate surface area is 74.7 Å². The van der Waals surface area contributed by atoms with E-state index in [9.17, 15) is 0 Å². The van der Waals surface area contributed by atoms with Crippen LogP contribution in [0.1, 0.15) is 6.92 Å². The molecule has 0 saturated carbocycles. The van der Waals surface area contributed by atoms with Crippen molar-refractivity contribution in [1.29, 1.82) is 0 Å². The van der Waals surface area contributed by atoms with Gasteiger partial charge in [-0.3, -0.25) is 0 Å². The van der Waals surface area contributed by atoms with Gasteiger partial charge in [0.1, 0.15) is 12.8 Å². The minimum atomic E-state index is 0.187. The van der Waals surface area contributed by atoms with Crippen LogP contribution in [-0.2, 0) is 4.84 Å². The fourth-order valence-corrected chi connectivity index (χ4v) is 1.53. The Morgan fingerprint density at radius 2 is 2.36 bits per heavy atom. The third-order valence-corrected chi connectivity index (χ3v) is 2.22. The van der Waals surface area contributed by atoms with Crippen molar-refractivity contribution in [3.05, 3.63) is 23.8 Å². The highest BCUT2D eigenvalue weighted by molar-refractivity contribution is 9.10. The number of alkyl halides is 1. The predicted molar refractivity (Wildman–Crippen MR) is 50.1 cm³/mol.